The number of ether oxygens (including phenoxy) is 3. The van der Waals surface area contributed by atoms with Gasteiger partial charge in [0.1, 0.15) is 17.3 Å². The SMILES string of the molecule is COc1cc2nccc(Oc3ccc(CC(=O)c4cc5c(n(-c6ccccc6F)c4=O)CCCC5=O)nc3)c2cc1OC. The lowest BCUT2D eigenvalue weighted by atomic mass is 9.91. The number of carbonyl (C=O) groups is 2. The van der Waals surface area contributed by atoms with Crippen LogP contribution in [0.4, 0.5) is 4.39 Å². The van der Waals surface area contributed by atoms with E-state index in [1.54, 1.807) is 56.8 Å². The number of Topliss-reactive ketones (excluding diaryl/α,β-unsaturated/α-hetero) is 2. The van der Waals surface area contributed by atoms with E-state index >= 15 is 0 Å². The summed E-state index contributed by atoms with van der Waals surface area (Å²) >= 11 is 0. The normalized spacial score (nSPS) is 12.6. The summed E-state index contributed by atoms with van der Waals surface area (Å²) in [5.41, 5.74) is 0.883. The molecule has 5 aromatic rings. The number of pyridine rings is 3. The van der Waals surface area contributed by atoms with Crippen molar-refractivity contribution in [1.29, 1.82) is 0 Å². The monoisotopic (exact) mass is 579 g/mol. The molecule has 0 bridgehead atoms. The van der Waals surface area contributed by atoms with E-state index in [0.29, 0.717) is 64.6 Å². The van der Waals surface area contributed by atoms with Gasteiger partial charge >= 0.3 is 0 Å². The molecule has 0 amide bonds. The van der Waals surface area contributed by atoms with E-state index in [9.17, 15) is 18.8 Å². The molecule has 0 N–H and O–H groups in total. The summed E-state index contributed by atoms with van der Waals surface area (Å²) < 4.78 is 32.8. The highest BCUT2D eigenvalue weighted by Crippen LogP contribution is 2.36. The molecule has 10 heteroatoms. The molecule has 0 saturated heterocycles. The van der Waals surface area contributed by atoms with Crippen LogP contribution in [0.5, 0.6) is 23.0 Å². The van der Waals surface area contributed by atoms with Gasteiger partial charge in [-0.15, -0.1) is 0 Å². The summed E-state index contributed by atoms with van der Waals surface area (Å²) in [5, 5.41) is 0.701. The zero-order valence-electron chi connectivity index (χ0n) is 23.4. The zero-order chi connectivity index (χ0) is 30.1. The summed E-state index contributed by atoms with van der Waals surface area (Å²) in [6.45, 7) is 0. The van der Waals surface area contributed by atoms with E-state index in [0.717, 1.165) is 0 Å². The number of ketones is 2. The number of rotatable bonds is 8. The minimum Gasteiger partial charge on any atom is -0.493 e. The number of benzene rings is 2. The molecule has 3 heterocycles. The van der Waals surface area contributed by atoms with Crippen LogP contribution in [0.25, 0.3) is 16.6 Å². The highest BCUT2D eigenvalue weighted by Gasteiger charge is 2.27. The van der Waals surface area contributed by atoms with Crippen molar-refractivity contribution >= 4 is 22.5 Å². The number of para-hydroxylation sites is 1. The average Bonchev–Trinajstić information content (AvgIpc) is 3.02. The lowest BCUT2D eigenvalue weighted by Gasteiger charge is -2.21. The van der Waals surface area contributed by atoms with Gasteiger partial charge in [-0.25, -0.2) is 4.39 Å². The van der Waals surface area contributed by atoms with Gasteiger partial charge in [-0.3, -0.25) is 28.9 Å². The van der Waals surface area contributed by atoms with Crippen molar-refractivity contribution in [2.75, 3.05) is 14.2 Å². The summed E-state index contributed by atoms with van der Waals surface area (Å²) in [4.78, 5) is 48.5. The van der Waals surface area contributed by atoms with E-state index in [1.165, 1.54) is 35.0 Å². The summed E-state index contributed by atoms with van der Waals surface area (Å²) in [5.74, 6) is 0.672. The standard InChI is InChI=1S/C33H26FN3O6/c1-41-31-16-21-25(17-32(31)42-2)35-13-12-30(21)43-20-11-10-19(36-18-20)14-29(39)23-15-22-26(8-5-9-28(22)38)37(33(23)40)27-7-4-3-6-24(27)34/h3-4,6-7,10-13,15-18H,5,8-9,14H2,1-2H3. The molecule has 43 heavy (non-hydrogen) atoms. The van der Waals surface area contributed by atoms with Gasteiger partial charge in [-0.2, -0.15) is 0 Å². The van der Waals surface area contributed by atoms with Gasteiger partial charge in [-0.05, 0) is 55.3 Å². The Morgan fingerprint density at radius 1 is 0.930 bits per heavy atom. The minimum absolute atomic E-state index is 0.00688. The van der Waals surface area contributed by atoms with E-state index in [2.05, 4.69) is 9.97 Å². The fourth-order valence-electron chi connectivity index (χ4n) is 5.28. The van der Waals surface area contributed by atoms with Gasteiger partial charge in [0, 0.05) is 41.0 Å². The summed E-state index contributed by atoms with van der Waals surface area (Å²) in [7, 11) is 3.09. The highest BCUT2D eigenvalue weighted by molar-refractivity contribution is 6.03. The van der Waals surface area contributed by atoms with Crippen molar-refractivity contribution < 1.29 is 28.2 Å². The highest BCUT2D eigenvalue weighted by atomic mass is 19.1. The maximum atomic E-state index is 14.8. The third-order valence-electron chi connectivity index (χ3n) is 7.39. The molecular formula is C33H26FN3O6. The number of hydrogen-bond donors (Lipinski definition) is 0. The van der Waals surface area contributed by atoms with Crippen LogP contribution in [-0.2, 0) is 12.8 Å². The third-order valence-corrected chi connectivity index (χ3v) is 7.39. The molecule has 0 unspecified atom stereocenters. The van der Waals surface area contributed by atoms with E-state index in [-0.39, 0.29) is 29.0 Å². The van der Waals surface area contributed by atoms with Crippen LogP contribution >= 0.6 is 0 Å². The van der Waals surface area contributed by atoms with Crippen molar-refractivity contribution in [3.63, 3.8) is 0 Å². The quantitative estimate of drug-likeness (QED) is 0.216. The largest absolute Gasteiger partial charge is 0.493 e. The van der Waals surface area contributed by atoms with Crippen molar-refractivity contribution in [3.8, 4) is 28.7 Å². The smallest absolute Gasteiger partial charge is 0.266 e. The van der Waals surface area contributed by atoms with Crippen molar-refractivity contribution in [2.45, 2.75) is 25.7 Å². The van der Waals surface area contributed by atoms with Crippen LogP contribution in [0.3, 0.4) is 0 Å². The molecule has 0 radical (unpaired) electrons. The molecule has 3 aromatic heterocycles. The molecule has 1 aliphatic rings. The van der Waals surface area contributed by atoms with E-state index < -0.39 is 17.2 Å². The Balaban J connectivity index is 1.28. The molecule has 6 rings (SSSR count). The second-order valence-electron chi connectivity index (χ2n) is 10.0. The minimum atomic E-state index is -0.667. The molecule has 0 atom stereocenters. The molecule has 0 fully saturated rings. The van der Waals surface area contributed by atoms with Crippen LogP contribution in [0.1, 0.15) is 44.9 Å². The number of halogens is 1. The number of nitrogens with zero attached hydrogens (tertiary/aromatic N) is 3. The number of carbonyl (C=O) groups excluding carboxylic acids is 2. The topological polar surface area (TPSA) is 110 Å². The molecule has 216 valence electrons. The maximum absolute atomic E-state index is 14.8. The second-order valence-corrected chi connectivity index (χ2v) is 10.0. The van der Waals surface area contributed by atoms with E-state index in [1.807, 2.05) is 0 Å². The number of methoxy groups -OCH3 is 2. The van der Waals surface area contributed by atoms with Crippen LogP contribution in [0, 0.1) is 5.82 Å². The summed E-state index contributed by atoms with van der Waals surface area (Å²) in [6, 6.07) is 15.7. The fraction of sp³-hybridized carbons (Fsp3) is 0.182. The Bertz CT molecular complexity index is 1950. The third kappa shape index (κ3) is 5.23. The molecule has 1 aliphatic carbocycles. The van der Waals surface area contributed by atoms with E-state index in [4.69, 9.17) is 14.2 Å². The molecule has 2 aromatic carbocycles. The Hall–Kier alpha value is -5.38. The molecular weight excluding hydrogens is 553 g/mol. The Kier molecular flexibility index (Phi) is 7.41. The lowest BCUT2D eigenvalue weighted by molar-refractivity contribution is 0.0970. The van der Waals surface area contributed by atoms with Gasteiger partial charge < -0.3 is 14.2 Å². The Morgan fingerprint density at radius 2 is 1.72 bits per heavy atom. The first-order valence-corrected chi connectivity index (χ1v) is 13.6. The molecule has 9 nitrogen and oxygen atoms in total. The van der Waals surface area contributed by atoms with Crippen molar-refractivity contribution in [3.05, 3.63) is 112 Å². The predicted octanol–water partition coefficient (Wildman–Crippen LogP) is 5.67. The van der Waals surface area contributed by atoms with Crippen molar-refractivity contribution in [1.82, 2.24) is 14.5 Å². The number of aromatic nitrogens is 3. The molecule has 0 saturated carbocycles. The van der Waals surface area contributed by atoms with Gasteiger partial charge in [-0.1, -0.05) is 12.1 Å². The zero-order valence-corrected chi connectivity index (χ0v) is 23.4. The van der Waals surface area contributed by atoms with Gasteiger partial charge in [0.25, 0.3) is 5.56 Å². The van der Waals surface area contributed by atoms with Crippen LogP contribution in [-0.4, -0.2) is 40.3 Å². The average molecular weight is 580 g/mol. The van der Waals surface area contributed by atoms with Crippen LogP contribution < -0.4 is 19.8 Å². The first-order valence-electron chi connectivity index (χ1n) is 13.6. The Morgan fingerprint density at radius 3 is 2.47 bits per heavy atom. The number of hydrogen-bond acceptors (Lipinski definition) is 8. The summed E-state index contributed by atoms with van der Waals surface area (Å²) in [6.07, 6.45) is 4.16. The van der Waals surface area contributed by atoms with Crippen molar-refractivity contribution in [2.24, 2.45) is 0 Å². The van der Waals surface area contributed by atoms with Gasteiger partial charge in [0.2, 0.25) is 0 Å². The van der Waals surface area contributed by atoms with Crippen LogP contribution in [0.2, 0.25) is 0 Å². The first kappa shape index (κ1) is 27.8. The Labute approximate surface area is 245 Å². The molecule has 0 spiro atoms. The van der Waals surface area contributed by atoms with Gasteiger partial charge in [0.05, 0.1) is 43.6 Å². The second kappa shape index (κ2) is 11.5. The van der Waals surface area contributed by atoms with Gasteiger partial charge in [0.15, 0.2) is 23.1 Å². The molecule has 0 aliphatic heterocycles. The number of fused-ring (bicyclic) bond motifs is 2. The van der Waals surface area contributed by atoms with Crippen LogP contribution in [0.15, 0.2) is 77.9 Å². The first-order chi connectivity index (χ1) is 20.9. The fourth-order valence-corrected chi connectivity index (χ4v) is 5.28. The predicted molar refractivity (Wildman–Crippen MR) is 156 cm³/mol. The lowest BCUT2D eigenvalue weighted by Crippen LogP contribution is -2.32. The maximum Gasteiger partial charge on any atom is 0.266 e.